The Hall–Kier alpha value is -2.34. The maximum Gasteiger partial charge on any atom is 0.260 e. The summed E-state index contributed by atoms with van der Waals surface area (Å²) in [6.07, 6.45) is 1.85. The molecular weight excluding hydrogens is 370 g/mol. The van der Waals surface area contributed by atoms with Crippen LogP contribution in [0.1, 0.15) is 33.0 Å². The van der Waals surface area contributed by atoms with Gasteiger partial charge in [-0.1, -0.05) is 29.8 Å². The Labute approximate surface area is 148 Å². The molecule has 1 amide bonds. The number of carbonyl (C=O) groups is 1. The molecule has 0 bridgehead atoms. The summed E-state index contributed by atoms with van der Waals surface area (Å²) in [5.74, 6) is 1.57. The van der Waals surface area contributed by atoms with Crippen LogP contribution in [0.25, 0.3) is 0 Å². The first-order valence-corrected chi connectivity index (χ1v) is 8.38. The quantitative estimate of drug-likeness (QED) is 0.718. The van der Waals surface area contributed by atoms with Crippen molar-refractivity contribution < 1.29 is 9.21 Å². The van der Waals surface area contributed by atoms with Crippen LogP contribution in [0.4, 0.5) is 5.82 Å². The van der Waals surface area contributed by atoms with Crippen molar-refractivity contribution in [3.8, 4) is 0 Å². The van der Waals surface area contributed by atoms with Crippen LogP contribution in [0.5, 0.6) is 0 Å². The van der Waals surface area contributed by atoms with Crippen LogP contribution in [-0.4, -0.2) is 15.7 Å². The first kappa shape index (κ1) is 16.5. The van der Waals surface area contributed by atoms with Crippen molar-refractivity contribution in [2.45, 2.75) is 27.3 Å². The topological polar surface area (TPSA) is 60.1 Å². The van der Waals surface area contributed by atoms with E-state index in [-0.39, 0.29) is 5.91 Å². The van der Waals surface area contributed by atoms with E-state index in [9.17, 15) is 4.79 Å². The SMILES string of the molecule is Cc1cccc(Cn2cc(Br)c(NC(=O)c3cc(C)oc3C)n2)c1. The number of amides is 1. The molecule has 0 unspecified atom stereocenters. The highest BCUT2D eigenvalue weighted by molar-refractivity contribution is 9.10. The second-order valence-electron chi connectivity index (χ2n) is 5.79. The number of nitrogens with one attached hydrogen (secondary N) is 1. The number of anilines is 1. The Morgan fingerprint density at radius 3 is 2.75 bits per heavy atom. The van der Waals surface area contributed by atoms with Crippen LogP contribution in [0.2, 0.25) is 0 Å². The smallest absolute Gasteiger partial charge is 0.260 e. The lowest BCUT2D eigenvalue weighted by Crippen LogP contribution is -2.13. The predicted octanol–water partition coefficient (Wildman–Crippen LogP) is 4.46. The minimum atomic E-state index is -0.231. The second kappa shape index (κ2) is 6.65. The minimum absolute atomic E-state index is 0.231. The molecule has 3 rings (SSSR count). The van der Waals surface area contributed by atoms with Crippen molar-refractivity contribution in [1.29, 1.82) is 0 Å². The van der Waals surface area contributed by atoms with E-state index in [1.165, 1.54) is 5.56 Å². The van der Waals surface area contributed by atoms with Crippen molar-refractivity contribution in [3.63, 3.8) is 0 Å². The van der Waals surface area contributed by atoms with Crippen molar-refractivity contribution in [1.82, 2.24) is 9.78 Å². The van der Waals surface area contributed by atoms with Gasteiger partial charge >= 0.3 is 0 Å². The number of furan rings is 1. The van der Waals surface area contributed by atoms with Gasteiger partial charge in [0.15, 0.2) is 5.82 Å². The Kier molecular flexibility index (Phi) is 4.57. The van der Waals surface area contributed by atoms with E-state index in [0.717, 1.165) is 10.0 Å². The summed E-state index contributed by atoms with van der Waals surface area (Å²) >= 11 is 3.45. The molecule has 0 aliphatic carbocycles. The number of hydrogen-bond acceptors (Lipinski definition) is 3. The number of carbonyl (C=O) groups excluding carboxylic acids is 1. The normalized spacial score (nSPS) is 10.8. The van der Waals surface area contributed by atoms with Gasteiger partial charge in [-0.05, 0) is 48.3 Å². The van der Waals surface area contributed by atoms with Gasteiger partial charge in [0.05, 0.1) is 16.6 Å². The largest absolute Gasteiger partial charge is 0.466 e. The fourth-order valence-corrected chi connectivity index (χ4v) is 3.01. The van der Waals surface area contributed by atoms with Crippen molar-refractivity contribution in [2.24, 2.45) is 0 Å². The predicted molar refractivity (Wildman–Crippen MR) is 96.3 cm³/mol. The number of aryl methyl sites for hydroxylation is 3. The van der Waals surface area contributed by atoms with Gasteiger partial charge in [0.1, 0.15) is 11.5 Å². The molecular formula is C18H18BrN3O2. The fourth-order valence-electron chi connectivity index (χ4n) is 2.59. The summed E-state index contributed by atoms with van der Waals surface area (Å²) in [7, 11) is 0. The number of halogens is 1. The number of aromatic nitrogens is 2. The lowest BCUT2D eigenvalue weighted by atomic mass is 10.1. The molecule has 0 aliphatic heterocycles. The van der Waals surface area contributed by atoms with Gasteiger partial charge in [0.25, 0.3) is 5.91 Å². The van der Waals surface area contributed by atoms with Gasteiger partial charge in [0, 0.05) is 6.20 Å². The Morgan fingerprint density at radius 2 is 2.08 bits per heavy atom. The molecule has 0 radical (unpaired) electrons. The maximum atomic E-state index is 12.4. The van der Waals surface area contributed by atoms with Crippen molar-refractivity contribution >= 4 is 27.7 Å². The molecule has 3 aromatic rings. The molecule has 1 aromatic carbocycles. The zero-order chi connectivity index (χ0) is 17.3. The summed E-state index contributed by atoms with van der Waals surface area (Å²) in [4.78, 5) is 12.4. The average Bonchev–Trinajstić information content (AvgIpc) is 3.01. The van der Waals surface area contributed by atoms with E-state index >= 15 is 0 Å². The second-order valence-corrected chi connectivity index (χ2v) is 6.65. The van der Waals surface area contributed by atoms with Crippen LogP contribution < -0.4 is 5.32 Å². The van der Waals surface area contributed by atoms with Crippen molar-refractivity contribution in [3.05, 3.63) is 69.2 Å². The summed E-state index contributed by atoms with van der Waals surface area (Å²) in [6, 6.07) is 9.98. The first-order valence-electron chi connectivity index (χ1n) is 7.59. The third kappa shape index (κ3) is 3.59. The van der Waals surface area contributed by atoms with Crippen LogP contribution in [0, 0.1) is 20.8 Å². The molecule has 2 aromatic heterocycles. The number of rotatable bonds is 4. The third-order valence-electron chi connectivity index (χ3n) is 3.66. The minimum Gasteiger partial charge on any atom is -0.466 e. The molecule has 0 atom stereocenters. The molecule has 0 saturated carbocycles. The van der Waals surface area contributed by atoms with E-state index in [2.05, 4.69) is 51.5 Å². The van der Waals surface area contributed by atoms with Gasteiger partial charge in [0.2, 0.25) is 0 Å². The molecule has 6 heteroatoms. The highest BCUT2D eigenvalue weighted by Crippen LogP contribution is 2.23. The van der Waals surface area contributed by atoms with Gasteiger partial charge in [-0.3, -0.25) is 9.48 Å². The zero-order valence-electron chi connectivity index (χ0n) is 13.8. The van der Waals surface area contributed by atoms with Gasteiger partial charge in [-0.2, -0.15) is 5.10 Å². The van der Waals surface area contributed by atoms with Gasteiger partial charge in [-0.25, -0.2) is 0 Å². The van der Waals surface area contributed by atoms with Gasteiger partial charge < -0.3 is 9.73 Å². The van der Waals surface area contributed by atoms with Crippen LogP contribution >= 0.6 is 15.9 Å². The molecule has 1 N–H and O–H groups in total. The summed E-state index contributed by atoms with van der Waals surface area (Å²) in [5, 5.41) is 7.26. The zero-order valence-corrected chi connectivity index (χ0v) is 15.3. The van der Waals surface area contributed by atoms with E-state index in [1.54, 1.807) is 17.7 Å². The van der Waals surface area contributed by atoms with Crippen LogP contribution in [-0.2, 0) is 6.54 Å². The van der Waals surface area contributed by atoms with E-state index < -0.39 is 0 Å². The highest BCUT2D eigenvalue weighted by atomic mass is 79.9. The van der Waals surface area contributed by atoms with E-state index in [1.807, 2.05) is 19.2 Å². The fraction of sp³-hybridized carbons (Fsp3) is 0.222. The molecule has 0 saturated heterocycles. The van der Waals surface area contributed by atoms with Crippen LogP contribution in [0.15, 0.2) is 45.4 Å². The average molecular weight is 388 g/mol. The monoisotopic (exact) mass is 387 g/mol. The summed E-state index contributed by atoms with van der Waals surface area (Å²) < 4.78 is 7.93. The molecule has 0 fully saturated rings. The Bertz CT molecular complexity index is 896. The molecule has 0 aliphatic rings. The van der Waals surface area contributed by atoms with E-state index in [0.29, 0.717) is 29.4 Å². The highest BCUT2D eigenvalue weighted by Gasteiger charge is 2.16. The summed E-state index contributed by atoms with van der Waals surface area (Å²) in [5.41, 5.74) is 2.88. The van der Waals surface area contributed by atoms with Crippen LogP contribution in [0.3, 0.4) is 0 Å². The third-order valence-corrected chi connectivity index (χ3v) is 4.24. The number of nitrogens with zero attached hydrogens (tertiary/aromatic N) is 2. The lowest BCUT2D eigenvalue weighted by Gasteiger charge is -2.03. The lowest BCUT2D eigenvalue weighted by molar-refractivity contribution is 0.102. The standard InChI is InChI=1S/C18H18BrN3O2/c1-11-5-4-6-14(7-11)9-22-10-16(19)17(21-22)20-18(23)15-8-12(2)24-13(15)3/h4-8,10H,9H2,1-3H3,(H,20,21,23). The number of benzene rings is 1. The van der Waals surface area contributed by atoms with E-state index in [4.69, 9.17) is 4.42 Å². The molecule has 124 valence electrons. The van der Waals surface area contributed by atoms with Gasteiger partial charge in [-0.15, -0.1) is 0 Å². The molecule has 0 spiro atoms. The Balaban J connectivity index is 1.76. The molecule has 5 nitrogen and oxygen atoms in total. The summed E-state index contributed by atoms with van der Waals surface area (Å²) in [6.45, 7) is 6.28. The molecule has 24 heavy (non-hydrogen) atoms. The van der Waals surface area contributed by atoms with Crippen molar-refractivity contribution in [2.75, 3.05) is 5.32 Å². The Morgan fingerprint density at radius 1 is 1.29 bits per heavy atom. The number of hydrogen-bond donors (Lipinski definition) is 1. The first-order chi connectivity index (χ1) is 11.4. The maximum absolute atomic E-state index is 12.4. The molecule has 2 heterocycles.